The summed E-state index contributed by atoms with van der Waals surface area (Å²) in [6, 6.07) is 19.2. The zero-order chi connectivity index (χ0) is 16.8. The molecule has 2 unspecified atom stereocenters. The molecule has 1 heterocycles. The molecule has 5 heteroatoms. The number of para-hydroxylation sites is 1. The van der Waals surface area contributed by atoms with E-state index in [1.165, 1.54) is 0 Å². The Kier molecular flexibility index (Phi) is 5.13. The number of hydrogen-bond acceptors (Lipinski definition) is 4. The van der Waals surface area contributed by atoms with E-state index in [-0.39, 0.29) is 12.7 Å². The predicted molar refractivity (Wildman–Crippen MR) is 92.2 cm³/mol. The summed E-state index contributed by atoms with van der Waals surface area (Å²) in [5, 5.41) is 4.49. The average Bonchev–Trinajstić information content (AvgIpc) is 2.63. The van der Waals surface area contributed by atoms with Crippen LogP contribution in [0.25, 0.3) is 0 Å². The van der Waals surface area contributed by atoms with Crippen LogP contribution >= 0.6 is 0 Å². The minimum Gasteiger partial charge on any atom is -0.445 e. The molecule has 3 rings (SSSR count). The molecule has 124 valence electrons. The number of nitrogens with one attached hydrogen (secondary N) is 1. The third-order valence-electron chi connectivity index (χ3n) is 3.59. The van der Waals surface area contributed by atoms with Gasteiger partial charge in [-0.2, -0.15) is 0 Å². The van der Waals surface area contributed by atoms with Gasteiger partial charge in [-0.3, -0.25) is 10.2 Å². The topological polar surface area (TPSA) is 50.8 Å². The zero-order valence-electron chi connectivity index (χ0n) is 13.5. The summed E-state index contributed by atoms with van der Waals surface area (Å²) in [5.74, 6) is 0. The lowest BCUT2D eigenvalue weighted by Crippen LogP contribution is -2.50. The van der Waals surface area contributed by atoms with Gasteiger partial charge in [0.25, 0.3) is 0 Å². The van der Waals surface area contributed by atoms with E-state index in [1.54, 1.807) is 5.06 Å². The molecule has 0 saturated carbocycles. The van der Waals surface area contributed by atoms with Crippen molar-refractivity contribution in [1.82, 2.24) is 5.32 Å². The second-order valence-corrected chi connectivity index (χ2v) is 5.51. The molecule has 0 spiro atoms. The van der Waals surface area contributed by atoms with Crippen molar-refractivity contribution in [3.05, 3.63) is 78.4 Å². The fraction of sp³-hybridized carbons (Fsp3) is 0.211. The molecule has 2 aromatic carbocycles. The summed E-state index contributed by atoms with van der Waals surface area (Å²) < 4.78 is 5.28. The number of carbonyl (C=O) groups excluding carboxylic acids is 1. The summed E-state index contributed by atoms with van der Waals surface area (Å²) in [5.41, 5.74) is 1.80. The van der Waals surface area contributed by atoms with E-state index in [0.29, 0.717) is 0 Å². The van der Waals surface area contributed by atoms with E-state index < -0.39 is 12.3 Å². The van der Waals surface area contributed by atoms with Gasteiger partial charge in [-0.15, -0.1) is 0 Å². The van der Waals surface area contributed by atoms with Gasteiger partial charge in [0.1, 0.15) is 18.9 Å². The van der Waals surface area contributed by atoms with Crippen molar-refractivity contribution in [3.8, 4) is 0 Å². The largest absolute Gasteiger partial charge is 0.445 e. The number of nitrogens with zero attached hydrogens (tertiary/aromatic N) is 1. The maximum atomic E-state index is 12.1. The molecule has 0 bridgehead atoms. The molecule has 0 aliphatic carbocycles. The lowest BCUT2D eigenvalue weighted by atomic mass is 10.2. The summed E-state index contributed by atoms with van der Waals surface area (Å²) >= 11 is 0. The van der Waals surface area contributed by atoms with Gasteiger partial charge >= 0.3 is 6.09 Å². The van der Waals surface area contributed by atoms with Crippen LogP contribution in [0.4, 0.5) is 10.5 Å². The Balaban J connectivity index is 1.63. The quantitative estimate of drug-likeness (QED) is 0.873. The molecule has 0 saturated heterocycles. The number of hydroxylamine groups is 1. The highest BCUT2D eigenvalue weighted by molar-refractivity contribution is 5.68. The molecular formula is C19H20N2O3. The molecule has 1 N–H and O–H groups in total. The Morgan fingerprint density at radius 2 is 1.75 bits per heavy atom. The van der Waals surface area contributed by atoms with Crippen molar-refractivity contribution >= 4 is 11.8 Å². The smallest absolute Gasteiger partial charge is 0.409 e. The average molecular weight is 324 g/mol. The SMILES string of the molecule is CC1C=CC(NC(=O)OCc2ccccc2)N(c2ccccc2)O1. The molecule has 1 aliphatic heterocycles. The van der Waals surface area contributed by atoms with Gasteiger partial charge in [-0.1, -0.05) is 54.6 Å². The van der Waals surface area contributed by atoms with E-state index in [2.05, 4.69) is 5.32 Å². The molecule has 1 aliphatic rings. The van der Waals surface area contributed by atoms with Gasteiger partial charge in [-0.05, 0) is 30.7 Å². The molecule has 24 heavy (non-hydrogen) atoms. The van der Waals surface area contributed by atoms with Crippen LogP contribution in [-0.4, -0.2) is 18.4 Å². The molecule has 5 nitrogen and oxygen atoms in total. The number of ether oxygens (including phenoxy) is 1. The van der Waals surface area contributed by atoms with Crippen molar-refractivity contribution in [2.75, 3.05) is 5.06 Å². The Labute approximate surface area is 141 Å². The van der Waals surface area contributed by atoms with E-state index in [4.69, 9.17) is 9.57 Å². The maximum Gasteiger partial charge on any atom is 0.409 e. The van der Waals surface area contributed by atoms with Crippen molar-refractivity contribution in [2.45, 2.75) is 25.8 Å². The number of amides is 1. The number of anilines is 1. The summed E-state index contributed by atoms with van der Waals surface area (Å²) in [4.78, 5) is 17.9. The number of carbonyl (C=O) groups is 1. The highest BCUT2D eigenvalue weighted by Gasteiger charge is 2.25. The molecule has 2 atom stereocenters. The molecule has 1 amide bonds. The van der Waals surface area contributed by atoms with Gasteiger partial charge in [-0.25, -0.2) is 9.86 Å². The monoisotopic (exact) mass is 324 g/mol. The molecule has 0 fully saturated rings. The van der Waals surface area contributed by atoms with E-state index in [9.17, 15) is 4.79 Å². The minimum atomic E-state index is -0.493. The van der Waals surface area contributed by atoms with Crippen LogP contribution in [0, 0.1) is 0 Å². The van der Waals surface area contributed by atoms with Gasteiger partial charge < -0.3 is 4.74 Å². The van der Waals surface area contributed by atoms with E-state index >= 15 is 0 Å². The van der Waals surface area contributed by atoms with Crippen molar-refractivity contribution in [3.63, 3.8) is 0 Å². The number of hydrogen-bond donors (Lipinski definition) is 1. The van der Waals surface area contributed by atoms with E-state index in [0.717, 1.165) is 11.3 Å². The lowest BCUT2D eigenvalue weighted by Gasteiger charge is -2.35. The molecule has 2 aromatic rings. The first-order valence-corrected chi connectivity index (χ1v) is 7.89. The number of alkyl carbamates (subject to hydrolysis) is 1. The first-order valence-electron chi connectivity index (χ1n) is 7.89. The number of benzene rings is 2. The highest BCUT2D eigenvalue weighted by Crippen LogP contribution is 2.21. The van der Waals surface area contributed by atoms with Gasteiger partial charge in [0.05, 0.1) is 5.69 Å². The first kappa shape index (κ1) is 16.1. The van der Waals surface area contributed by atoms with Crippen LogP contribution in [0.5, 0.6) is 0 Å². The van der Waals surface area contributed by atoms with E-state index in [1.807, 2.05) is 79.7 Å². The van der Waals surface area contributed by atoms with Crippen LogP contribution in [0.3, 0.4) is 0 Å². The van der Waals surface area contributed by atoms with Crippen LogP contribution in [0.1, 0.15) is 12.5 Å². The minimum absolute atomic E-state index is 0.0661. The third-order valence-corrected chi connectivity index (χ3v) is 3.59. The summed E-state index contributed by atoms with van der Waals surface area (Å²) in [7, 11) is 0. The summed E-state index contributed by atoms with van der Waals surface area (Å²) in [6.45, 7) is 2.17. The Morgan fingerprint density at radius 1 is 1.08 bits per heavy atom. The first-order chi connectivity index (χ1) is 11.7. The highest BCUT2D eigenvalue weighted by atomic mass is 16.7. The lowest BCUT2D eigenvalue weighted by molar-refractivity contribution is 0.0430. The Bertz CT molecular complexity index is 688. The Hall–Kier alpha value is -2.79. The molecule has 0 aromatic heterocycles. The molecule has 0 radical (unpaired) electrons. The van der Waals surface area contributed by atoms with Crippen molar-refractivity contribution in [2.24, 2.45) is 0 Å². The summed E-state index contributed by atoms with van der Waals surface area (Å²) in [6.07, 6.45) is 2.81. The predicted octanol–water partition coefficient (Wildman–Crippen LogP) is 3.64. The fourth-order valence-electron chi connectivity index (χ4n) is 2.41. The maximum absolute atomic E-state index is 12.1. The third kappa shape index (κ3) is 4.14. The standard InChI is InChI=1S/C19H20N2O3/c1-15-12-13-18(21(24-15)17-10-6-3-7-11-17)20-19(22)23-14-16-8-4-2-5-9-16/h2-13,15,18H,14H2,1H3,(H,20,22). The normalized spacial score (nSPS) is 19.8. The number of rotatable bonds is 4. The zero-order valence-corrected chi connectivity index (χ0v) is 13.5. The Morgan fingerprint density at radius 3 is 2.46 bits per heavy atom. The van der Waals surface area contributed by atoms with Crippen molar-refractivity contribution in [1.29, 1.82) is 0 Å². The second kappa shape index (κ2) is 7.66. The fourth-order valence-corrected chi connectivity index (χ4v) is 2.41. The van der Waals surface area contributed by atoms with Crippen LogP contribution in [0.2, 0.25) is 0 Å². The van der Waals surface area contributed by atoms with Gasteiger partial charge in [0, 0.05) is 0 Å². The molecular weight excluding hydrogens is 304 g/mol. The van der Waals surface area contributed by atoms with Crippen LogP contribution < -0.4 is 10.4 Å². The van der Waals surface area contributed by atoms with Gasteiger partial charge in [0.15, 0.2) is 0 Å². The van der Waals surface area contributed by atoms with Gasteiger partial charge in [0.2, 0.25) is 0 Å². The second-order valence-electron chi connectivity index (χ2n) is 5.51. The van der Waals surface area contributed by atoms with Crippen LogP contribution in [0.15, 0.2) is 72.8 Å². The van der Waals surface area contributed by atoms with Crippen LogP contribution in [-0.2, 0) is 16.2 Å². The van der Waals surface area contributed by atoms with Crippen molar-refractivity contribution < 1.29 is 14.4 Å².